The van der Waals surface area contributed by atoms with Crippen LogP contribution in [0.5, 0.6) is 5.75 Å². The molecule has 0 atom stereocenters. The molecule has 264 valence electrons. The van der Waals surface area contributed by atoms with E-state index in [1.165, 1.54) is 6.92 Å². The summed E-state index contributed by atoms with van der Waals surface area (Å²) in [5, 5.41) is 9.70. The van der Waals surface area contributed by atoms with Gasteiger partial charge in [0.05, 0.1) is 33.0 Å². The molecule has 0 radical (unpaired) electrons. The summed E-state index contributed by atoms with van der Waals surface area (Å²) in [6, 6.07) is 5.18. The summed E-state index contributed by atoms with van der Waals surface area (Å²) in [4.78, 5) is 42.8. The van der Waals surface area contributed by atoms with Gasteiger partial charge in [-0.05, 0) is 69.0 Å². The van der Waals surface area contributed by atoms with E-state index in [0.717, 1.165) is 38.2 Å². The number of ketones is 1. The Morgan fingerprint density at radius 3 is 2.02 bits per heavy atom. The molecule has 0 aliphatic rings. The summed E-state index contributed by atoms with van der Waals surface area (Å²) in [7, 11) is 0. The first kappa shape index (κ1) is 41.8. The Kier molecular flexibility index (Phi) is 24.4. The minimum atomic E-state index is -0.436. The van der Waals surface area contributed by atoms with Gasteiger partial charge in [-0.3, -0.25) is 9.59 Å². The second-order valence-electron chi connectivity index (χ2n) is 10.9. The van der Waals surface area contributed by atoms with Crippen molar-refractivity contribution in [2.24, 2.45) is 0 Å². The number of hydrogen-bond acceptors (Lipinski definition) is 10. The molecule has 0 fully saturated rings. The van der Waals surface area contributed by atoms with Crippen LogP contribution in [-0.2, 0) is 37.0 Å². The maximum Gasteiger partial charge on any atom is 0.415 e. The van der Waals surface area contributed by atoms with E-state index in [1.54, 1.807) is 39.8 Å². The highest BCUT2D eigenvalue weighted by molar-refractivity contribution is 7.98. The normalized spacial score (nSPS) is 11.2. The Labute approximate surface area is 281 Å². The van der Waals surface area contributed by atoms with Crippen LogP contribution in [0.2, 0.25) is 0 Å². The standard InChI is InChI=1S/C34H59N3O8S/c1-6-35(7-2)17-18-36(8-3)34(41)45-33-14-13-30(28-38)26-31(33)27-37(29(4)39)16-11-20-43-22-24-44-23-21-42-19-10-9-12-32(40)15-25-46-5/h13-14,26,38H,6-12,15-25,27-28H2,1-5H3. The summed E-state index contributed by atoms with van der Waals surface area (Å²) < 4.78 is 22.6. The van der Waals surface area contributed by atoms with E-state index in [9.17, 15) is 19.5 Å². The van der Waals surface area contributed by atoms with Crippen LogP contribution >= 0.6 is 11.8 Å². The number of rotatable bonds is 28. The average molecular weight is 670 g/mol. The molecule has 46 heavy (non-hydrogen) atoms. The molecule has 0 bridgehead atoms. The smallest absolute Gasteiger partial charge is 0.410 e. The third kappa shape index (κ3) is 18.8. The Morgan fingerprint density at radius 2 is 1.43 bits per heavy atom. The second-order valence-corrected chi connectivity index (χ2v) is 11.9. The minimum absolute atomic E-state index is 0.105. The number of nitrogens with zero attached hydrogens (tertiary/aromatic N) is 3. The van der Waals surface area contributed by atoms with Crippen molar-refractivity contribution in [1.29, 1.82) is 0 Å². The first-order chi connectivity index (χ1) is 22.3. The Morgan fingerprint density at radius 1 is 0.783 bits per heavy atom. The van der Waals surface area contributed by atoms with Gasteiger partial charge in [-0.15, -0.1) is 0 Å². The van der Waals surface area contributed by atoms with Crippen LogP contribution in [0.25, 0.3) is 0 Å². The number of ether oxygens (including phenoxy) is 4. The highest BCUT2D eigenvalue weighted by Gasteiger charge is 2.19. The monoisotopic (exact) mass is 669 g/mol. The number of carbonyl (C=O) groups excluding carboxylic acids is 3. The summed E-state index contributed by atoms with van der Waals surface area (Å²) in [6.07, 6.45) is 5.23. The van der Waals surface area contributed by atoms with Gasteiger partial charge in [-0.1, -0.05) is 19.9 Å². The lowest BCUT2D eigenvalue weighted by Crippen LogP contribution is -2.40. The molecular formula is C34H59N3O8S. The van der Waals surface area contributed by atoms with E-state index < -0.39 is 6.09 Å². The van der Waals surface area contributed by atoms with E-state index in [4.69, 9.17) is 18.9 Å². The molecule has 0 aliphatic carbocycles. The van der Waals surface area contributed by atoms with Crippen molar-refractivity contribution in [1.82, 2.24) is 14.7 Å². The fourth-order valence-electron chi connectivity index (χ4n) is 4.61. The van der Waals surface area contributed by atoms with Crippen LogP contribution in [0.3, 0.4) is 0 Å². The average Bonchev–Trinajstić information content (AvgIpc) is 3.05. The van der Waals surface area contributed by atoms with Gasteiger partial charge in [-0.25, -0.2) is 4.79 Å². The number of unbranched alkanes of at least 4 members (excludes halogenated alkanes) is 1. The molecule has 1 N–H and O–H groups in total. The molecule has 12 heteroatoms. The number of benzene rings is 1. The Balaban J connectivity index is 2.41. The highest BCUT2D eigenvalue weighted by Crippen LogP contribution is 2.23. The molecule has 0 saturated carbocycles. The van der Waals surface area contributed by atoms with Gasteiger partial charge in [0.15, 0.2) is 0 Å². The van der Waals surface area contributed by atoms with Crippen molar-refractivity contribution in [2.45, 2.75) is 73.0 Å². The van der Waals surface area contributed by atoms with Gasteiger partial charge in [-0.2, -0.15) is 11.8 Å². The topological polar surface area (TPSA) is 118 Å². The van der Waals surface area contributed by atoms with Crippen LogP contribution in [0, 0.1) is 0 Å². The molecule has 0 unspecified atom stereocenters. The number of thioether (sulfide) groups is 1. The predicted octanol–water partition coefficient (Wildman–Crippen LogP) is 4.62. The quantitative estimate of drug-likeness (QED) is 0.127. The molecule has 1 aromatic carbocycles. The van der Waals surface area contributed by atoms with Crippen molar-refractivity contribution in [3.8, 4) is 5.75 Å². The molecule has 0 aromatic heterocycles. The third-order valence-corrected chi connectivity index (χ3v) is 8.18. The van der Waals surface area contributed by atoms with Gasteiger partial charge in [0.1, 0.15) is 11.5 Å². The molecule has 2 amide bonds. The number of aliphatic hydroxyl groups is 1. The van der Waals surface area contributed by atoms with Gasteiger partial charge in [0, 0.05) is 71.3 Å². The minimum Gasteiger partial charge on any atom is -0.410 e. The summed E-state index contributed by atoms with van der Waals surface area (Å²) in [6.45, 7) is 14.8. The Bertz CT molecular complexity index is 980. The first-order valence-electron chi connectivity index (χ1n) is 16.7. The fourth-order valence-corrected chi connectivity index (χ4v) is 5.05. The van der Waals surface area contributed by atoms with E-state index in [2.05, 4.69) is 18.7 Å². The maximum atomic E-state index is 13.0. The van der Waals surface area contributed by atoms with E-state index >= 15 is 0 Å². The number of likely N-dealkylation sites (N-methyl/N-ethyl adjacent to an activating group) is 2. The predicted molar refractivity (Wildman–Crippen MR) is 183 cm³/mol. The zero-order chi connectivity index (χ0) is 34.0. The number of Topliss-reactive ketones (excluding diaryl/α,β-unsaturated/α-hetero) is 1. The summed E-state index contributed by atoms with van der Waals surface area (Å²) in [5.74, 6) is 1.49. The number of carbonyl (C=O) groups is 3. The SMILES string of the molecule is CCN(CC)CCN(CC)C(=O)Oc1ccc(CO)cc1CN(CCCOCCOCCOCCCCC(=O)CCSC)C(C)=O. The van der Waals surface area contributed by atoms with Crippen molar-refractivity contribution < 1.29 is 38.4 Å². The lowest BCUT2D eigenvalue weighted by Gasteiger charge is -2.26. The lowest BCUT2D eigenvalue weighted by molar-refractivity contribution is -0.129. The van der Waals surface area contributed by atoms with Crippen LogP contribution in [0.4, 0.5) is 4.79 Å². The Hall–Kier alpha value is -2.22. The molecular weight excluding hydrogens is 610 g/mol. The van der Waals surface area contributed by atoms with Crippen molar-refractivity contribution in [3.63, 3.8) is 0 Å². The van der Waals surface area contributed by atoms with E-state index in [-0.39, 0.29) is 19.1 Å². The molecule has 0 heterocycles. The second kappa shape index (κ2) is 26.8. The highest BCUT2D eigenvalue weighted by atomic mass is 32.2. The number of hydrogen-bond donors (Lipinski definition) is 1. The number of amides is 2. The van der Waals surface area contributed by atoms with Gasteiger partial charge < -0.3 is 38.8 Å². The van der Waals surface area contributed by atoms with E-state index in [0.29, 0.717) is 101 Å². The first-order valence-corrected chi connectivity index (χ1v) is 18.1. The van der Waals surface area contributed by atoms with Crippen LogP contribution < -0.4 is 4.74 Å². The van der Waals surface area contributed by atoms with E-state index in [1.807, 2.05) is 13.2 Å². The third-order valence-electron chi connectivity index (χ3n) is 7.57. The van der Waals surface area contributed by atoms with Crippen molar-refractivity contribution in [2.75, 3.05) is 90.9 Å². The summed E-state index contributed by atoms with van der Waals surface area (Å²) in [5.41, 5.74) is 1.33. The van der Waals surface area contributed by atoms with Crippen LogP contribution in [0.15, 0.2) is 18.2 Å². The molecule has 1 rings (SSSR count). The summed E-state index contributed by atoms with van der Waals surface area (Å²) >= 11 is 1.70. The number of aliphatic hydroxyl groups excluding tert-OH is 1. The molecule has 0 aliphatic heterocycles. The van der Waals surface area contributed by atoms with Crippen molar-refractivity contribution >= 4 is 29.5 Å². The van der Waals surface area contributed by atoms with Gasteiger partial charge >= 0.3 is 6.09 Å². The fraction of sp³-hybridized carbons (Fsp3) is 0.735. The van der Waals surface area contributed by atoms with Gasteiger partial charge in [0.25, 0.3) is 0 Å². The maximum absolute atomic E-state index is 13.0. The zero-order valence-corrected chi connectivity index (χ0v) is 29.7. The van der Waals surface area contributed by atoms with Crippen LogP contribution in [-0.4, -0.2) is 129 Å². The largest absolute Gasteiger partial charge is 0.415 e. The molecule has 1 aromatic rings. The van der Waals surface area contributed by atoms with Crippen LogP contribution in [0.1, 0.15) is 70.9 Å². The van der Waals surface area contributed by atoms with Crippen molar-refractivity contribution in [3.05, 3.63) is 29.3 Å². The van der Waals surface area contributed by atoms with Gasteiger partial charge in [0.2, 0.25) is 5.91 Å². The molecule has 11 nitrogen and oxygen atoms in total. The zero-order valence-electron chi connectivity index (χ0n) is 28.9. The molecule has 0 saturated heterocycles. The molecule has 0 spiro atoms. The lowest BCUT2D eigenvalue weighted by atomic mass is 10.1.